The number of rotatable bonds is 4. The molecule has 21 heavy (non-hydrogen) atoms. The van der Waals surface area contributed by atoms with Crippen LogP contribution in [0.15, 0.2) is 24.3 Å². The molecule has 0 heterocycles. The molecule has 0 spiro atoms. The molecule has 0 aliphatic heterocycles. The van der Waals surface area contributed by atoms with Gasteiger partial charge in [-0.25, -0.2) is 4.79 Å². The van der Waals surface area contributed by atoms with Gasteiger partial charge >= 0.3 is 6.03 Å². The normalized spacial score (nSPS) is 21.9. The van der Waals surface area contributed by atoms with Gasteiger partial charge in [0.05, 0.1) is 0 Å². The van der Waals surface area contributed by atoms with Crippen LogP contribution in [0.2, 0.25) is 5.02 Å². The Balaban J connectivity index is 1.99. The van der Waals surface area contributed by atoms with E-state index in [1.807, 2.05) is 17.0 Å². The summed E-state index contributed by atoms with van der Waals surface area (Å²) < 4.78 is 0. The lowest BCUT2D eigenvalue weighted by Crippen LogP contribution is -2.46. The smallest absolute Gasteiger partial charge is 0.322 e. The van der Waals surface area contributed by atoms with Crippen LogP contribution in [0.25, 0.3) is 0 Å². The highest BCUT2D eigenvalue weighted by molar-refractivity contribution is 6.30. The molecule has 5 heteroatoms. The lowest BCUT2D eigenvalue weighted by molar-refractivity contribution is 0.163. The van der Waals surface area contributed by atoms with E-state index < -0.39 is 0 Å². The van der Waals surface area contributed by atoms with Crippen molar-refractivity contribution >= 4 is 23.3 Å². The highest BCUT2D eigenvalue weighted by atomic mass is 35.5. The third kappa shape index (κ3) is 4.61. The molecule has 0 atom stereocenters. The van der Waals surface area contributed by atoms with Gasteiger partial charge in [-0.2, -0.15) is 0 Å². The molecule has 0 radical (unpaired) electrons. The zero-order valence-corrected chi connectivity index (χ0v) is 13.3. The number of hydrogen-bond acceptors (Lipinski definition) is 2. The topological polar surface area (TPSA) is 58.4 Å². The van der Waals surface area contributed by atoms with Crippen LogP contribution in [0.3, 0.4) is 0 Å². The van der Waals surface area contributed by atoms with Gasteiger partial charge in [-0.3, -0.25) is 0 Å². The fourth-order valence-electron chi connectivity index (χ4n) is 2.83. The maximum Gasteiger partial charge on any atom is 0.322 e. The van der Waals surface area contributed by atoms with Gasteiger partial charge in [0.2, 0.25) is 0 Å². The Morgan fingerprint density at radius 3 is 2.48 bits per heavy atom. The predicted octanol–water partition coefficient (Wildman–Crippen LogP) is 3.85. The van der Waals surface area contributed by atoms with E-state index in [2.05, 4.69) is 12.2 Å². The third-order valence-electron chi connectivity index (χ3n) is 4.00. The van der Waals surface area contributed by atoms with Gasteiger partial charge in [0.25, 0.3) is 0 Å². The summed E-state index contributed by atoms with van der Waals surface area (Å²) in [7, 11) is 0. The van der Waals surface area contributed by atoms with Gasteiger partial charge in [0.1, 0.15) is 0 Å². The lowest BCUT2D eigenvalue weighted by Gasteiger charge is -2.36. The fourth-order valence-corrected chi connectivity index (χ4v) is 2.96. The van der Waals surface area contributed by atoms with E-state index in [4.69, 9.17) is 17.3 Å². The highest BCUT2D eigenvalue weighted by Crippen LogP contribution is 2.23. The van der Waals surface area contributed by atoms with Crippen molar-refractivity contribution in [3.63, 3.8) is 0 Å². The summed E-state index contributed by atoms with van der Waals surface area (Å²) in [6.45, 7) is 2.87. The predicted molar refractivity (Wildman–Crippen MR) is 87.7 cm³/mol. The summed E-state index contributed by atoms with van der Waals surface area (Å²) in [6, 6.07) is 7.77. The molecule has 2 amide bonds. The Labute approximate surface area is 131 Å². The second kappa shape index (κ2) is 7.66. The molecule has 1 aliphatic carbocycles. The largest absolute Gasteiger partial charge is 0.328 e. The van der Waals surface area contributed by atoms with Crippen molar-refractivity contribution in [3.8, 4) is 0 Å². The Morgan fingerprint density at radius 1 is 1.29 bits per heavy atom. The lowest BCUT2D eigenvalue weighted by atomic mass is 9.91. The number of nitrogens with zero attached hydrogens (tertiary/aromatic N) is 1. The third-order valence-corrected chi connectivity index (χ3v) is 4.25. The monoisotopic (exact) mass is 309 g/mol. The number of nitrogens with two attached hydrogens (primary N) is 1. The molecule has 2 rings (SSSR count). The van der Waals surface area contributed by atoms with Gasteiger partial charge < -0.3 is 16.0 Å². The molecule has 1 aliphatic rings. The average molecular weight is 310 g/mol. The van der Waals surface area contributed by atoms with Crippen LogP contribution in [-0.2, 0) is 0 Å². The number of urea groups is 1. The fraction of sp³-hybridized carbons (Fsp3) is 0.562. The Kier molecular flexibility index (Phi) is 5.88. The first kappa shape index (κ1) is 16.1. The first-order valence-corrected chi connectivity index (χ1v) is 8.06. The van der Waals surface area contributed by atoms with Crippen LogP contribution in [0.4, 0.5) is 10.5 Å². The molecular weight excluding hydrogens is 286 g/mol. The number of halogens is 1. The van der Waals surface area contributed by atoms with E-state index in [0.29, 0.717) is 17.1 Å². The molecule has 0 aromatic heterocycles. The Hall–Kier alpha value is -1.26. The Morgan fingerprint density at radius 2 is 1.90 bits per heavy atom. The average Bonchev–Trinajstić information content (AvgIpc) is 2.48. The van der Waals surface area contributed by atoms with E-state index in [9.17, 15) is 4.79 Å². The number of hydrogen-bond donors (Lipinski definition) is 2. The first-order chi connectivity index (χ1) is 10.1. The summed E-state index contributed by atoms with van der Waals surface area (Å²) in [4.78, 5) is 14.5. The van der Waals surface area contributed by atoms with Crippen molar-refractivity contribution in [2.24, 2.45) is 5.73 Å². The van der Waals surface area contributed by atoms with Crippen LogP contribution in [0.5, 0.6) is 0 Å². The molecule has 1 aromatic rings. The minimum atomic E-state index is -0.0281. The first-order valence-electron chi connectivity index (χ1n) is 7.69. The van der Waals surface area contributed by atoms with E-state index in [0.717, 1.165) is 44.3 Å². The zero-order chi connectivity index (χ0) is 15.2. The van der Waals surface area contributed by atoms with Crippen LogP contribution in [-0.4, -0.2) is 29.6 Å². The van der Waals surface area contributed by atoms with E-state index in [1.165, 1.54) is 0 Å². The molecule has 1 fully saturated rings. The Bertz CT molecular complexity index is 455. The van der Waals surface area contributed by atoms with Gasteiger partial charge in [-0.1, -0.05) is 18.5 Å². The number of benzene rings is 1. The van der Waals surface area contributed by atoms with Crippen molar-refractivity contribution in [3.05, 3.63) is 29.3 Å². The van der Waals surface area contributed by atoms with E-state index in [-0.39, 0.29) is 6.03 Å². The summed E-state index contributed by atoms with van der Waals surface area (Å²) in [5, 5.41) is 3.63. The molecule has 1 saturated carbocycles. The maximum atomic E-state index is 12.5. The summed E-state index contributed by atoms with van der Waals surface area (Å²) >= 11 is 5.86. The number of carbonyl (C=O) groups is 1. The zero-order valence-electron chi connectivity index (χ0n) is 12.5. The molecular formula is C16H24ClN3O. The van der Waals surface area contributed by atoms with Crippen molar-refractivity contribution in [2.75, 3.05) is 11.9 Å². The molecule has 3 N–H and O–H groups in total. The second-order valence-corrected chi connectivity index (χ2v) is 6.14. The van der Waals surface area contributed by atoms with Gasteiger partial charge in [-0.15, -0.1) is 0 Å². The molecule has 4 nitrogen and oxygen atoms in total. The molecule has 0 bridgehead atoms. The molecule has 0 unspecified atom stereocenters. The minimum Gasteiger partial charge on any atom is -0.328 e. The summed E-state index contributed by atoms with van der Waals surface area (Å²) in [6.07, 6.45) is 4.94. The van der Waals surface area contributed by atoms with Crippen molar-refractivity contribution < 1.29 is 4.79 Å². The quantitative estimate of drug-likeness (QED) is 0.887. The summed E-state index contributed by atoms with van der Waals surface area (Å²) in [5.74, 6) is 0. The van der Waals surface area contributed by atoms with Crippen molar-refractivity contribution in [1.29, 1.82) is 0 Å². The molecule has 1 aromatic carbocycles. The van der Waals surface area contributed by atoms with Crippen LogP contribution >= 0.6 is 11.6 Å². The van der Waals surface area contributed by atoms with Crippen molar-refractivity contribution in [2.45, 2.75) is 51.1 Å². The minimum absolute atomic E-state index is 0.0281. The second-order valence-electron chi connectivity index (χ2n) is 5.70. The highest BCUT2D eigenvalue weighted by Gasteiger charge is 2.27. The van der Waals surface area contributed by atoms with Crippen LogP contribution in [0.1, 0.15) is 39.0 Å². The number of amides is 2. The van der Waals surface area contributed by atoms with Gasteiger partial charge in [-0.05, 0) is 56.4 Å². The van der Waals surface area contributed by atoms with Crippen LogP contribution < -0.4 is 11.1 Å². The van der Waals surface area contributed by atoms with Crippen LogP contribution in [0, 0.1) is 0 Å². The van der Waals surface area contributed by atoms with E-state index >= 15 is 0 Å². The summed E-state index contributed by atoms with van der Waals surface area (Å²) in [5.41, 5.74) is 6.73. The SMILES string of the molecule is CCCN(C(=O)Nc1ccc(Cl)cc1)C1CCC(N)CC1. The van der Waals surface area contributed by atoms with Gasteiger partial charge in [0.15, 0.2) is 0 Å². The number of nitrogens with one attached hydrogen (secondary N) is 1. The number of anilines is 1. The standard InChI is InChI=1S/C16H24ClN3O/c1-2-11-20(15-9-5-13(18)6-10-15)16(21)19-14-7-3-12(17)4-8-14/h3-4,7-8,13,15H,2,5-6,9-11,18H2,1H3,(H,19,21). The van der Waals surface area contributed by atoms with Crippen molar-refractivity contribution in [1.82, 2.24) is 4.90 Å². The molecule has 0 saturated heterocycles. The molecule has 116 valence electrons. The van der Waals surface area contributed by atoms with E-state index in [1.54, 1.807) is 12.1 Å². The number of carbonyl (C=O) groups excluding carboxylic acids is 1. The maximum absolute atomic E-state index is 12.5. The van der Waals surface area contributed by atoms with Gasteiger partial charge in [0, 0.05) is 29.3 Å².